The fourth-order valence-electron chi connectivity index (χ4n) is 1.98. The lowest BCUT2D eigenvalue weighted by Gasteiger charge is -2.14. The molecule has 2 aromatic rings. The number of rotatable bonds is 5. The van der Waals surface area contributed by atoms with Crippen molar-refractivity contribution in [2.45, 2.75) is 20.0 Å². The second-order valence-corrected chi connectivity index (χ2v) is 5.38. The number of amides is 2. The van der Waals surface area contributed by atoms with Crippen molar-refractivity contribution in [3.63, 3.8) is 0 Å². The van der Waals surface area contributed by atoms with Crippen molar-refractivity contribution in [2.75, 3.05) is 0 Å². The van der Waals surface area contributed by atoms with E-state index in [0.717, 1.165) is 11.1 Å². The van der Waals surface area contributed by atoms with Crippen molar-refractivity contribution in [1.29, 1.82) is 0 Å². The van der Waals surface area contributed by atoms with Crippen molar-refractivity contribution >= 4 is 17.9 Å². The smallest absolute Gasteiger partial charge is 0.279 e. The normalized spacial score (nSPS) is 11.8. The number of hydrogen-bond acceptors (Lipinski definition) is 3. The molecule has 1 unspecified atom stereocenters. The minimum Gasteiger partial charge on any atom is -0.481 e. The fourth-order valence-corrected chi connectivity index (χ4v) is 1.98. The number of hydrogen-bond donors (Lipinski definition) is 2. The molecule has 2 N–H and O–H groups in total. The van der Waals surface area contributed by atoms with Crippen LogP contribution in [0.2, 0.25) is 0 Å². The average Bonchev–Trinajstić information content (AvgIpc) is 2.60. The summed E-state index contributed by atoms with van der Waals surface area (Å²) < 4.78 is 18.2. The molecule has 0 aliphatic rings. The Hall–Kier alpha value is -3.15. The van der Waals surface area contributed by atoms with Crippen LogP contribution in [0.5, 0.6) is 5.75 Å². The Morgan fingerprint density at radius 2 is 1.76 bits per heavy atom. The summed E-state index contributed by atoms with van der Waals surface area (Å²) >= 11 is 0. The number of hydrazine groups is 1. The van der Waals surface area contributed by atoms with Crippen molar-refractivity contribution in [3.05, 3.63) is 71.6 Å². The summed E-state index contributed by atoms with van der Waals surface area (Å²) in [6.45, 7) is 3.46. The highest BCUT2D eigenvalue weighted by molar-refractivity contribution is 5.93. The lowest BCUT2D eigenvalue weighted by Crippen LogP contribution is -2.46. The van der Waals surface area contributed by atoms with Crippen molar-refractivity contribution < 1.29 is 18.7 Å². The van der Waals surface area contributed by atoms with Gasteiger partial charge in [-0.25, -0.2) is 4.39 Å². The summed E-state index contributed by atoms with van der Waals surface area (Å²) in [4.78, 5) is 23.7. The van der Waals surface area contributed by atoms with Gasteiger partial charge in [0.05, 0.1) is 0 Å². The van der Waals surface area contributed by atoms with Gasteiger partial charge in [-0.15, -0.1) is 0 Å². The van der Waals surface area contributed by atoms with Gasteiger partial charge in [0.25, 0.3) is 11.8 Å². The van der Waals surface area contributed by atoms with Gasteiger partial charge >= 0.3 is 0 Å². The minimum atomic E-state index is -0.855. The lowest BCUT2D eigenvalue weighted by molar-refractivity contribution is -0.131. The van der Waals surface area contributed by atoms with Gasteiger partial charge in [-0.3, -0.25) is 20.4 Å². The zero-order valence-electron chi connectivity index (χ0n) is 14.0. The van der Waals surface area contributed by atoms with Gasteiger partial charge in [-0.05, 0) is 55.3 Å². The fraction of sp³-hybridized carbons (Fsp3) is 0.158. The number of aryl methyl sites for hydroxylation is 1. The van der Waals surface area contributed by atoms with Crippen molar-refractivity contribution in [3.8, 4) is 5.75 Å². The number of benzene rings is 2. The van der Waals surface area contributed by atoms with E-state index in [0.29, 0.717) is 5.75 Å². The van der Waals surface area contributed by atoms with Crippen molar-refractivity contribution in [1.82, 2.24) is 10.9 Å². The predicted octanol–water partition coefficient (Wildman–Crippen LogP) is 2.76. The summed E-state index contributed by atoms with van der Waals surface area (Å²) in [5.74, 6) is -1.03. The van der Waals surface area contributed by atoms with Crippen LogP contribution in [0.25, 0.3) is 6.08 Å². The van der Waals surface area contributed by atoms with Gasteiger partial charge in [0.1, 0.15) is 11.6 Å². The van der Waals surface area contributed by atoms with E-state index in [4.69, 9.17) is 4.74 Å². The number of nitrogens with one attached hydrogen (secondary N) is 2. The Morgan fingerprint density at radius 3 is 2.44 bits per heavy atom. The first-order valence-corrected chi connectivity index (χ1v) is 7.71. The maximum absolute atomic E-state index is 12.8. The first kappa shape index (κ1) is 18.2. The molecule has 6 heteroatoms. The molecule has 0 spiro atoms. The molecule has 25 heavy (non-hydrogen) atoms. The molecule has 2 amide bonds. The third kappa shape index (κ3) is 5.76. The molecule has 0 saturated carbocycles. The molecule has 2 aromatic carbocycles. The second kappa shape index (κ2) is 8.63. The molecule has 0 radical (unpaired) electrons. The van der Waals surface area contributed by atoms with Crippen LogP contribution in [-0.4, -0.2) is 17.9 Å². The summed E-state index contributed by atoms with van der Waals surface area (Å²) in [5.41, 5.74) is 6.51. The predicted molar refractivity (Wildman–Crippen MR) is 93.0 cm³/mol. The molecular formula is C19H19FN2O3. The molecule has 0 heterocycles. The van der Waals surface area contributed by atoms with E-state index in [1.54, 1.807) is 6.08 Å². The Balaban J connectivity index is 1.81. The standard InChI is InChI=1S/C19H19FN2O3/c1-13-5-3-4-6-15(13)7-12-18(23)21-22-19(24)14(2)25-17-10-8-16(20)9-11-17/h3-12,14H,1-2H3,(H,21,23)(H,22,24)/b12-7+. The molecule has 1 atom stereocenters. The third-order valence-electron chi connectivity index (χ3n) is 3.41. The zero-order valence-corrected chi connectivity index (χ0v) is 14.0. The molecule has 0 aromatic heterocycles. The van der Waals surface area contributed by atoms with Crippen molar-refractivity contribution in [2.24, 2.45) is 0 Å². The Kier molecular flexibility index (Phi) is 6.28. The van der Waals surface area contributed by atoms with Crippen LogP contribution in [-0.2, 0) is 9.59 Å². The van der Waals surface area contributed by atoms with E-state index in [2.05, 4.69) is 10.9 Å². The highest BCUT2D eigenvalue weighted by Gasteiger charge is 2.14. The van der Waals surface area contributed by atoms with Gasteiger partial charge in [0.15, 0.2) is 6.10 Å². The van der Waals surface area contributed by atoms with Crippen LogP contribution in [0.15, 0.2) is 54.6 Å². The van der Waals surface area contributed by atoms with E-state index in [1.165, 1.54) is 37.3 Å². The lowest BCUT2D eigenvalue weighted by atomic mass is 10.1. The number of carbonyl (C=O) groups is 2. The molecule has 0 saturated heterocycles. The highest BCUT2D eigenvalue weighted by Crippen LogP contribution is 2.13. The topological polar surface area (TPSA) is 67.4 Å². The molecule has 0 aliphatic heterocycles. The molecule has 2 rings (SSSR count). The maximum atomic E-state index is 12.8. The monoisotopic (exact) mass is 342 g/mol. The average molecular weight is 342 g/mol. The number of carbonyl (C=O) groups excluding carboxylic acids is 2. The first-order valence-electron chi connectivity index (χ1n) is 7.71. The van der Waals surface area contributed by atoms with Gasteiger partial charge in [-0.2, -0.15) is 0 Å². The number of halogens is 1. The van der Waals surface area contributed by atoms with Gasteiger partial charge in [-0.1, -0.05) is 24.3 Å². The molecule has 0 fully saturated rings. The summed E-state index contributed by atoms with van der Waals surface area (Å²) in [7, 11) is 0. The first-order chi connectivity index (χ1) is 12.0. The molecule has 0 aliphatic carbocycles. The Bertz CT molecular complexity index is 772. The molecule has 5 nitrogen and oxygen atoms in total. The van der Waals surface area contributed by atoms with Gasteiger partial charge in [0.2, 0.25) is 0 Å². The quantitative estimate of drug-likeness (QED) is 0.648. The SMILES string of the molecule is Cc1ccccc1/C=C/C(=O)NNC(=O)C(C)Oc1ccc(F)cc1. The third-order valence-corrected chi connectivity index (χ3v) is 3.41. The van der Waals surface area contributed by atoms with Crippen LogP contribution in [0.4, 0.5) is 4.39 Å². The van der Waals surface area contributed by atoms with Crippen LogP contribution in [0.1, 0.15) is 18.1 Å². The van der Waals surface area contributed by atoms with E-state index >= 15 is 0 Å². The zero-order chi connectivity index (χ0) is 18.2. The van der Waals surface area contributed by atoms with Crippen LogP contribution >= 0.6 is 0 Å². The van der Waals surface area contributed by atoms with E-state index in [-0.39, 0.29) is 0 Å². The van der Waals surface area contributed by atoms with Gasteiger partial charge in [0, 0.05) is 6.08 Å². The summed E-state index contributed by atoms with van der Waals surface area (Å²) in [5, 5.41) is 0. The largest absolute Gasteiger partial charge is 0.481 e. The van der Waals surface area contributed by atoms with Gasteiger partial charge < -0.3 is 4.74 Å². The second-order valence-electron chi connectivity index (χ2n) is 5.38. The molecular weight excluding hydrogens is 323 g/mol. The van der Waals surface area contributed by atoms with Crippen LogP contribution in [0, 0.1) is 12.7 Å². The summed E-state index contributed by atoms with van der Waals surface area (Å²) in [6.07, 6.45) is 2.13. The Labute approximate surface area is 145 Å². The minimum absolute atomic E-state index is 0.356. The van der Waals surface area contributed by atoms with E-state index in [1.807, 2.05) is 31.2 Å². The highest BCUT2D eigenvalue weighted by atomic mass is 19.1. The van der Waals surface area contributed by atoms with E-state index < -0.39 is 23.7 Å². The Morgan fingerprint density at radius 1 is 1.08 bits per heavy atom. The van der Waals surface area contributed by atoms with Crippen LogP contribution < -0.4 is 15.6 Å². The molecule has 0 bridgehead atoms. The van der Waals surface area contributed by atoms with E-state index in [9.17, 15) is 14.0 Å². The van der Waals surface area contributed by atoms with Crippen LogP contribution in [0.3, 0.4) is 0 Å². The number of ether oxygens (including phenoxy) is 1. The molecule has 130 valence electrons. The summed E-state index contributed by atoms with van der Waals surface area (Å²) in [6, 6.07) is 12.9. The maximum Gasteiger partial charge on any atom is 0.279 e.